The van der Waals surface area contributed by atoms with Crippen LogP contribution < -0.4 is 10.6 Å². The predicted molar refractivity (Wildman–Crippen MR) is 139 cm³/mol. The summed E-state index contributed by atoms with van der Waals surface area (Å²) in [5.41, 5.74) is 1.35. The molecular formula is C24H40IN5O. The van der Waals surface area contributed by atoms with Crippen molar-refractivity contribution in [2.45, 2.75) is 57.5 Å². The molecule has 1 aromatic rings. The van der Waals surface area contributed by atoms with Crippen LogP contribution in [0.25, 0.3) is 0 Å². The number of carbonyl (C=O) groups is 1. The van der Waals surface area contributed by atoms with Gasteiger partial charge in [-0.2, -0.15) is 0 Å². The van der Waals surface area contributed by atoms with Gasteiger partial charge in [0.15, 0.2) is 5.96 Å². The van der Waals surface area contributed by atoms with Crippen molar-refractivity contribution in [2.24, 2.45) is 10.9 Å². The Kier molecular flexibility index (Phi) is 11.6. The third kappa shape index (κ3) is 8.60. The van der Waals surface area contributed by atoms with E-state index in [9.17, 15) is 4.79 Å². The number of aliphatic imine (C=N–C) groups is 1. The molecule has 3 rings (SSSR count). The van der Waals surface area contributed by atoms with Crippen LogP contribution in [0.5, 0.6) is 0 Å². The molecular weight excluding hydrogens is 501 g/mol. The van der Waals surface area contributed by atoms with Gasteiger partial charge in [-0.15, -0.1) is 24.0 Å². The molecule has 1 amide bonds. The number of halogens is 1. The lowest BCUT2D eigenvalue weighted by molar-refractivity contribution is -0.135. The fourth-order valence-electron chi connectivity index (χ4n) is 4.60. The lowest BCUT2D eigenvalue weighted by Crippen LogP contribution is -2.46. The number of guanidine groups is 1. The number of carbonyl (C=O) groups excluding carboxylic acids is 1. The van der Waals surface area contributed by atoms with Gasteiger partial charge >= 0.3 is 0 Å². The van der Waals surface area contributed by atoms with Crippen molar-refractivity contribution >= 4 is 35.8 Å². The Bertz CT molecular complexity index is 678. The molecule has 174 valence electrons. The van der Waals surface area contributed by atoms with E-state index in [1.807, 2.05) is 7.05 Å². The Labute approximate surface area is 205 Å². The van der Waals surface area contributed by atoms with Gasteiger partial charge in [0, 0.05) is 45.2 Å². The minimum absolute atomic E-state index is 0. The Hall–Kier alpha value is -1.35. The number of nitrogens with one attached hydrogen (secondary N) is 2. The molecule has 2 fully saturated rings. The zero-order valence-corrected chi connectivity index (χ0v) is 21.5. The fourth-order valence-corrected chi connectivity index (χ4v) is 4.60. The van der Waals surface area contributed by atoms with E-state index in [2.05, 4.69) is 62.8 Å². The number of amides is 1. The summed E-state index contributed by atoms with van der Waals surface area (Å²) in [6.07, 6.45) is 7.93. The molecule has 1 aliphatic heterocycles. The van der Waals surface area contributed by atoms with Crippen molar-refractivity contribution in [3.8, 4) is 0 Å². The van der Waals surface area contributed by atoms with E-state index in [0.29, 0.717) is 11.9 Å². The van der Waals surface area contributed by atoms with Gasteiger partial charge in [-0.3, -0.25) is 9.79 Å². The number of rotatable bonds is 8. The first kappa shape index (κ1) is 25.9. The first-order valence-electron chi connectivity index (χ1n) is 11.6. The number of likely N-dealkylation sites (tertiary alicyclic amines) is 1. The first-order chi connectivity index (χ1) is 14.7. The van der Waals surface area contributed by atoms with E-state index in [1.165, 1.54) is 24.8 Å². The van der Waals surface area contributed by atoms with Gasteiger partial charge in [0.2, 0.25) is 5.91 Å². The zero-order chi connectivity index (χ0) is 21.2. The van der Waals surface area contributed by atoms with Crippen LogP contribution in [0.2, 0.25) is 0 Å². The summed E-state index contributed by atoms with van der Waals surface area (Å²) in [5.74, 6) is 1.49. The number of hydrogen-bond acceptors (Lipinski definition) is 3. The molecule has 2 aliphatic rings. The van der Waals surface area contributed by atoms with Crippen LogP contribution in [-0.4, -0.2) is 68.0 Å². The Morgan fingerprint density at radius 2 is 1.90 bits per heavy atom. The molecule has 1 saturated heterocycles. The normalized spacial score (nSPS) is 19.9. The van der Waals surface area contributed by atoms with E-state index in [1.54, 1.807) is 0 Å². The standard InChI is InChI=1S/C24H39N5O.HI/c1-25-24(26-15-9-16-28(2)18-20-10-5-3-6-11-20)27-22-14-17-29(19-22)23(30)21-12-7-4-8-13-21;/h3,5-6,10-11,21-22H,4,7-9,12-19H2,1-2H3,(H2,25,26,27);1H. The minimum Gasteiger partial charge on any atom is -0.356 e. The van der Waals surface area contributed by atoms with Crippen LogP contribution in [0.4, 0.5) is 0 Å². The highest BCUT2D eigenvalue weighted by molar-refractivity contribution is 14.0. The summed E-state index contributed by atoms with van der Waals surface area (Å²) in [7, 11) is 3.98. The highest BCUT2D eigenvalue weighted by Crippen LogP contribution is 2.26. The van der Waals surface area contributed by atoms with Gasteiger partial charge in [0.25, 0.3) is 0 Å². The molecule has 2 N–H and O–H groups in total. The van der Waals surface area contributed by atoms with Crippen molar-refractivity contribution in [1.82, 2.24) is 20.4 Å². The molecule has 1 atom stereocenters. The minimum atomic E-state index is 0. The van der Waals surface area contributed by atoms with E-state index in [0.717, 1.165) is 64.4 Å². The second-order valence-electron chi connectivity index (χ2n) is 8.83. The van der Waals surface area contributed by atoms with E-state index in [-0.39, 0.29) is 29.9 Å². The van der Waals surface area contributed by atoms with Crippen molar-refractivity contribution in [3.05, 3.63) is 35.9 Å². The maximum absolute atomic E-state index is 12.8. The van der Waals surface area contributed by atoms with E-state index >= 15 is 0 Å². The summed E-state index contributed by atoms with van der Waals surface area (Å²) in [5, 5.41) is 6.94. The first-order valence-corrected chi connectivity index (χ1v) is 11.6. The highest BCUT2D eigenvalue weighted by Gasteiger charge is 2.31. The summed E-state index contributed by atoms with van der Waals surface area (Å²) < 4.78 is 0. The summed E-state index contributed by atoms with van der Waals surface area (Å²) >= 11 is 0. The molecule has 0 bridgehead atoms. The molecule has 6 nitrogen and oxygen atoms in total. The second kappa shape index (κ2) is 13.9. The highest BCUT2D eigenvalue weighted by atomic mass is 127. The van der Waals surface area contributed by atoms with Crippen molar-refractivity contribution in [1.29, 1.82) is 0 Å². The van der Waals surface area contributed by atoms with Crippen LogP contribution in [0.3, 0.4) is 0 Å². The van der Waals surface area contributed by atoms with Crippen molar-refractivity contribution in [2.75, 3.05) is 40.3 Å². The largest absolute Gasteiger partial charge is 0.356 e. The van der Waals surface area contributed by atoms with Crippen LogP contribution in [0.1, 0.15) is 50.5 Å². The van der Waals surface area contributed by atoms with Gasteiger partial charge < -0.3 is 20.4 Å². The SMILES string of the molecule is CN=C(NCCCN(C)Cc1ccccc1)NC1CCN(C(=O)C2CCCCC2)C1.I. The maximum Gasteiger partial charge on any atom is 0.225 e. The Morgan fingerprint density at radius 3 is 2.61 bits per heavy atom. The Morgan fingerprint density at radius 1 is 1.16 bits per heavy atom. The summed E-state index contributed by atoms with van der Waals surface area (Å²) in [4.78, 5) is 21.5. The number of nitrogens with zero attached hydrogens (tertiary/aromatic N) is 3. The molecule has 31 heavy (non-hydrogen) atoms. The Balaban J connectivity index is 0.00000341. The fraction of sp³-hybridized carbons (Fsp3) is 0.667. The molecule has 0 radical (unpaired) electrons. The van der Waals surface area contributed by atoms with Crippen LogP contribution in [0.15, 0.2) is 35.3 Å². The molecule has 1 aromatic carbocycles. The zero-order valence-electron chi connectivity index (χ0n) is 19.2. The number of hydrogen-bond donors (Lipinski definition) is 2. The summed E-state index contributed by atoms with van der Waals surface area (Å²) in [6, 6.07) is 10.9. The molecule has 1 unspecified atom stereocenters. The molecule has 0 spiro atoms. The van der Waals surface area contributed by atoms with Crippen LogP contribution >= 0.6 is 24.0 Å². The molecule has 1 saturated carbocycles. The van der Waals surface area contributed by atoms with Crippen LogP contribution in [0, 0.1) is 5.92 Å². The maximum atomic E-state index is 12.8. The topological polar surface area (TPSA) is 60.0 Å². The van der Waals surface area contributed by atoms with E-state index in [4.69, 9.17) is 0 Å². The summed E-state index contributed by atoms with van der Waals surface area (Å²) in [6.45, 7) is 4.56. The van der Waals surface area contributed by atoms with Crippen LogP contribution in [-0.2, 0) is 11.3 Å². The quantitative estimate of drug-likeness (QED) is 0.229. The molecule has 1 aliphatic carbocycles. The number of benzene rings is 1. The average Bonchev–Trinajstić information content (AvgIpc) is 3.25. The van der Waals surface area contributed by atoms with Gasteiger partial charge in [0.1, 0.15) is 0 Å². The van der Waals surface area contributed by atoms with Gasteiger partial charge in [-0.05, 0) is 44.8 Å². The lowest BCUT2D eigenvalue weighted by atomic mass is 9.88. The molecule has 0 aromatic heterocycles. The van der Waals surface area contributed by atoms with Gasteiger partial charge in [-0.25, -0.2) is 0 Å². The molecule has 1 heterocycles. The monoisotopic (exact) mass is 541 g/mol. The lowest BCUT2D eigenvalue weighted by Gasteiger charge is -2.26. The predicted octanol–water partition coefficient (Wildman–Crippen LogP) is 3.47. The second-order valence-corrected chi connectivity index (χ2v) is 8.83. The smallest absolute Gasteiger partial charge is 0.225 e. The van der Waals surface area contributed by atoms with Gasteiger partial charge in [0.05, 0.1) is 0 Å². The average molecular weight is 542 g/mol. The third-order valence-electron chi connectivity index (χ3n) is 6.32. The van der Waals surface area contributed by atoms with Crippen molar-refractivity contribution in [3.63, 3.8) is 0 Å². The van der Waals surface area contributed by atoms with Crippen molar-refractivity contribution < 1.29 is 4.79 Å². The third-order valence-corrected chi connectivity index (χ3v) is 6.32. The molecule has 7 heteroatoms. The van der Waals surface area contributed by atoms with Gasteiger partial charge in [-0.1, -0.05) is 49.6 Å². The van der Waals surface area contributed by atoms with E-state index < -0.39 is 0 Å².